The number of ether oxygens (including phenoxy) is 1. The zero-order chi connectivity index (χ0) is 12.3. The van der Waals surface area contributed by atoms with Gasteiger partial charge < -0.3 is 15.4 Å². The normalized spacial score (nSPS) is 18.7. The first-order chi connectivity index (χ1) is 8.20. The summed E-state index contributed by atoms with van der Waals surface area (Å²) < 4.78 is 18.0. The first-order valence-corrected chi connectivity index (χ1v) is 6.07. The summed E-state index contributed by atoms with van der Waals surface area (Å²) in [6.45, 7) is 0.251. The van der Waals surface area contributed by atoms with Crippen molar-refractivity contribution in [3.05, 3.63) is 28.2 Å². The second kappa shape index (κ2) is 5.35. The van der Waals surface area contributed by atoms with Gasteiger partial charge in [0.25, 0.3) is 0 Å². The van der Waals surface area contributed by atoms with E-state index in [1.807, 2.05) is 12.1 Å². The monoisotopic (exact) mass is 301 g/mol. The SMILES string of the molecule is N=C1NCC(c2ccc(OCCF)c(Br)c2)N1. The Labute approximate surface area is 107 Å². The number of nitrogens with one attached hydrogen (secondary N) is 3. The van der Waals surface area contributed by atoms with Crippen LogP contribution in [0.4, 0.5) is 4.39 Å². The van der Waals surface area contributed by atoms with Crippen molar-refractivity contribution < 1.29 is 9.13 Å². The summed E-state index contributed by atoms with van der Waals surface area (Å²) in [4.78, 5) is 0. The fraction of sp³-hybridized carbons (Fsp3) is 0.364. The average molecular weight is 302 g/mol. The summed E-state index contributed by atoms with van der Waals surface area (Å²) in [5.41, 5.74) is 1.05. The molecule has 0 spiro atoms. The molecule has 1 aromatic carbocycles. The summed E-state index contributed by atoms with van der Waals surface area (Å²) in [5, 5.41) is 13.3. The van der Waals surface area contributed by atoms with Gasteiger partial charge in [0, 0.05) is 6.54 Å². The molecule has 3 N–H and O–H groups in total. The fourth-order valence-corrected chi connectivity index (χ4v) is 2.19. The molecule has 1 aromatic rings. The van der Waals surface area contributed by atoms with Gasteiger partial charge in [0.15, 0.2) is 5.96 Å². The molecular weight excluding hydrogens is 289 g/mol. The molecule has 1 atom stereocenters. The Morgan fingerprint density at radius 3 is 2.94 bits per heavy atom. The van der Waals surface area contributed by atoms with Gasteiger partial charge in [-0.1, -0.05) is 6.07 Å². The summed E-state index contributed by atoms with van der Waals surface area (Å²) >= 11 is 3.39. The number of halogens is 2. The molecule has 0 saturated carbocycles. The second-order valence-electron chi connectivity index (χ2n) is 3.68. The van der Waals surface area contributed by atoms with Crippen molar-refractivity contribution in [1.29, 1.82) is 5.41 Å². The highest BCUT2D eigenvalue weighted by molar-refractivity contribution is 9.10. The van der Waals surface area contributed by atoms with Crippen LogP contribution in [0.2, 0.25) is 0 Å². The number of benzene rings is 1. The van der Waals surface area contributed by atoms with Gasteiger partial charge in [-0.3, -0.25) is 5.41 Å². The molecule has 0 aromatic heterocycles. The molecule has 1 aliphatic heterocycles. The van der Waals surface area contributed by atoms with Gasteiger partial charge in [0.05, 0.1) is 10.5 Å². The van der Waals surface area contributed by atoms with E-state index in [1.165, 1.54) is 0 Å². The first kappa shape index (κ1) is 12.2. The Kier molecular flexibility index (Phi) is 3.83. The minimum absolute atomic E-state index is 0.0613. The maximum atomic E-state index is 12.0. The maximum absolute atomic E-state index is 12.0. The molecule has 0 aliphatic carbocycles. The molecule has 1 heterocycles. The van der Waals surface area contributed by atoms with Crippen LogP contribution in [0.5, 0.6) is 5.75 Å². The van der Waals surface area contributed by atoms with Crippen LogP contribution in [0.25, 0.3) is 0 Å². The standard InChI is InChI=1S/C11H13BrFN3O/c12-8-5-7(9-6-15-11(14)16-9)1-2-10(8)17-4-3-13/h1-2,5,9H,3-4,6H2,(H3,14,15,16). The fourth-order valence-electron chi connectivity index (χ4n) is 1.68. The smallest absolute Gasteiger partial charge is 0.189 e. The first-order valence-electron chi connectivity index (χ1n) is 5.28. The third-order valence-corrected chi connectivity index (χ3v) is 3.11. The van der Waals surface area contributed by atoms with E-state index in [0.717, 1.165) is 10.0 Å². The Morgan fingerprint density at radius 1 is 1.53 bits per heavy atom. The van der Waals surface area contributed by atoms with Crippen molar-refractivity contribution in [1.82, 2.24) is 10.6 Å². The Hall–Kier alpha value is -1.30. The van der Waals surface area contributed by atoms with Crippen LogP contribution < -0.4 is 15.4 Å². The van der Waals surface area contributed by atoms with Gasteiger partial charge in [-0.25, -0.2) is 4.39 Å². The van der Waals surface area contributed by atoms with E-state index < -0.39 is 6.67 Å². The molecule has 4 nitrogen and oxygen atoms in total. The predicted octanol–water partition coefficient (Wildman–Crippen LogP) is 1.97. The van der Waals surface area contributed by atoms with Crippen LogP contribution in [-0.2, 0) is 0 Å². The number of hydrogen-bond acceptors (Lipinski definition) is 2. The lowest BCUT2D eigenvalue weighted by molar-refractivity contribution is 0.272. The van der Waals surface area contributed by atoms with Gasteiger partial charge >= 0.3 is 0 Å². The van der Waals surface area contributed by atoms with E-state index >= 15 is 0 Å². The van der Waals surface area contributed by atoms with E-state index in [-0.39, 0.29) is 12.6 Å². The molecule has 6 heteroatoms. The van der Waals surface area contributed by atoms with Crippen molar-refractivity contribution in [3.8, 4) is 5.75 Å². The highest BCUT2D eigenvalue weighted by Gasteiger charge is 2.19. The molecule has 1 fully saturated rings. The van der Waals surface area contributed by atoms with Crippen molar-refractivity contribution in [2.45, 2.75) is 6.04 Å². The molecule has 1 unspecified atom stereocenters. The average Bonchev–Trinajstić information content (AvgIpc) is 2.74. The third-order valence-electron chi connectivity index (χ3n) is 2.49. The van der Waals surface area contributed by atoms with E-state index in [4.69, 9.17) is 10.1 Å². The lowest BCUT2D eigenvalue weighted by Crippen LogP contribution is -2.22. The summed E-state index contributed by atoms with van der Waals surface area (Å²) in [6, 6.07) is 5.73. The largest absolute Gasteiger partial charge is 0.490 e. The minimum Gasteiger partial charge on any atom is -0.490 e. The van der Waals surface area contributed by atoms with E-state index in [9.17, 15) is 4.39 Å². The predicted molar refractivity (Wildman–Crippen MR) is 67.2 cm³/mol. The van der Waals surface area contributed by atoms with Crippen LogP contribution in [0.3, 0.4) is 0 Å². The number of rotatable bonds is 4. The van der Waals surface area contributed by atoms with Gasteiger partial charge in [-0.05, 0) is 33.6 Å². The van der Waals surface area contributed by atoms with Gasteiger partial charge in [0.1, 0.15) is 19.0 Å². The molecule has 0 bridgehead atoms. The summed E-state index contributed by atoms with van der Waals surface area (Å²) in [5.74, 6) is 0.969. The molecule has 0 amide bonds. The zero-order valence-corrected chi connectivity index (χ0v) is 10.7. The Balaban J connectivity index is 2.10. The van der Waals surface area contributed by atoms with Crippen LogP contribution in [0.15, 0.2) is 22.7 Å². The summed E-state index contributed by atoms with van der Waals surface area (Å²) in [6.07, 6.45) is 0. The number of hydrogen-bond donors (Lipinski definition) is 3. The highest BCUT2D eigenvalue weighted by atomic mass is 79.9. The lowest BCUT2D eigenvalue weighted by atomic mass is 10.1. The Bertz CT molecular complexity index is 427. The second-order valence-corrected chi connectivity index (χ2v) is 4.53. The molecular formula is C11H13BrFN3O. The van der Waals surface area contributed by atoms with Crippen LogP contribution in [-0.4, -0.2) is 25.8 Å². The van der Waals surface area contributed by atoms with E-state index in [2.05, 4.69) is 26.6 Å². The molecule has 1 aliphatic rings. The van der Waals surface area contributed by atoms with Crippen molar-refractivity contribution >= 4 is 21.9 Å². The van der Waals surface area contributed by atoms with Crippen molar-refractivity contribution in [3.63, 3.8) is 0 Å². The topological polar surface area (TPSA) is 57.1 Å². The molecule has 2 rings (SSSR count). The Morgan fingerprint density at radius 2 is 2.35 bits per heavy atom. The number of guanidine groups is 1. The molecule has 17 heavy (non-hydrogen) atoms. The van der Waals surface area contributed by atoms with E-state index in [1.54, 1.807) is 6.07 Å². The van der Waals surface area contributed by atoms with Gasteiger partial charge in [-0.2, -0.15) is 0 Å². The number of alkyl halides is 1. The third kappa shape index (κ3) is 2.88. The molecule has 0 radical (unpaired) electrons. The van der Waals surface area contributed by atoms with Crippen LogP contribution in [0.1, 0.15) is 11.6 Å². The van der Waals surface area contributed by atoms with Gasteiger partial charge in [-0.15, -0.1) is 0 Å². The minimum atomic E-state index is -0.501. The van der Waals surface area contributed by atoms with Crippen LogP contribution in [0, 0.1) is 5.41 Å². The zero-order valence-electron chi connectivity index (χ0n) is 9.09. The van der Waals surface area contributed by atoms with E-state index in [0.29, 0.717) is 18.3 Å². The highest BCUT2D eigenvalue weighted by Crippen LogP contribution is 2.28. The molecule has 92 valence electrons. The molecule has 1 saturated heterocycles. The van der Waals surface area contributed by atoms with Crippen molar-refractivity contribution in [2.75, 3.05) is 19.8 Å². The van der Waals surface area contributed by atoms with Gasteiger partial charge in [0.2, 0.25) is 0 Å². The van der Waals surface area contributed by atoms with Crippen molar-refractivity contribution in [2.24, 2.45) is 0 Å². The lowest BCUT2D eigenvalue weighted by Gasteiger charge is -2.12. The maximum Gasteiger partial charge on any atom is 0.189 e. The van der Waals surface area contributed by atoms with Crippen LogP contribution >= 0.6 is 15.9 Å². The quantitative estimate of drug-likeness (QED) is 0.797. The summed E-state index contributed by atoms with van der Waals surface area (Å²) in [7, 11) is 0.